The number of ether oxygens (including phenoxy) is 2. The molecule has 2 N–H and O–H groups in total. The highest BCUT2D eigenvalue weighted by Gasteiger charge is 2.01. The van der Waals surface area contributed by atoms with E-state index < -0.39 is 0 Å². The van der Waals surface area contributed by atoms with Gasteiger partial charge in [-0.1, -0.05) is 13.2 Å². The highest BCUT2D eigenvalue weighted by atomic mass is 16.5. The third kappa shape index (κ3) is 3.83. The van der Waals surface area contributed by atoms with E-state index in [1.807, 2.05) is 0 Å². The van der Waals surface area contributed by atoms with Crippen LogP contribution in [0, 0.1) is 0 Å². The van der Waals surface area contributed by atoms with Crippen LogP contribution in [0.4, 0.5) is 0 Å². The van der Waals surface area contributed by atoms with E-state index in [0.717, 1.165) is 5.57 Å². The van der Waals surface area contributed by atoms with Gasteiger partial charge < -0.3 is 15.2 Å². The lowest BCUT2D eigenvalue weighted by molar-refractivity contribution is 0.212. The maximum Gasteiger partial charge on any atom is 0.125 e. The van der Waals surface area contributed by atoms with Crippen molar-refractivity contribution in [3.63, 3.8) is 0 Å². The van der Waals surface area contributed by atoms with Gasteiger partial charge in [0.25, 0.3) is 0 Å². The Morgan fingerprint density at radius 2 is 2.00 bits per heavy atom. The molecule has 3 nitrogen and oxygen atoms in total. The highest BCUT2D eigenvalue weighted by molar-refractivity contribution is 5.29. The smallest absolute Gasteiger partial charge is 0.125 e. The Kier molecular flexibility index (Phi) is 4.88. The minimum absolute atomic E-state index is 0.424. The topological polar surface area (TPSA) is 44.5 Å². The summed E-state index contributed by atoms with van der Waals surface area (Å²) in [6, 6.07) is 0. The van der Waals surface area contributed by atoms with Gasteiger partial charge in [-0.15, -0.1) is 0 Å². The second-order valence-corrected chi connectivity index (χ2v) is 2.32. The third-order valence-corrected chi connectivity index (χ3v) is 1.20. The molecule has 0 heterocycles. The van der Waals surface area contributed by atoms with Gasteiger partial charge in [-0.2, -0.15) is 0 Å². The zero-order chi connectivity index (χ0) is 9.56. The van der Waals surface area contributed by atoms with Crippen LogP contribution in [-0.2, 0) is 9.47 Å². The van der Waals surface area contributed by atoms with Gasteiger partial charge in [-0.3, -0.25) is 0 Å². The molecule has 0 rings (SSSR count). The number of hydrogen-bond donors (Lipinski definition) is 1. The van der Waals surface area contributed by atoms with Crippen LogP contribution in [0.5, 0.6) is 0 Å². The molecule has 12 heavy (non-hydrogen) atoms. The van der Waals surface area contributed by atoms with Crippen molar-refractivity contribution in [2.75, 3.05) is 20.8 Å². The minimum atomic E-state index is 0.424. The molecule has 0 aromatic carbocycles. The van der Waals surface area contributed by atoms with Crippen molar-refractivity contribution in [3.8, 4) is 0 Å². The Bertz CT molecular complexity index is 207. The molecule has 0 aromatic rings. The molecule has 0 spiro atoms. The normalized spacial score (nSPS) is 11.0. The minimum Gasteiger partial charge on any atom is -0.496 e. The molecule has 0 aliphatic rings. The van der Waals surface area contributed by atoms with Gasteiger partial charge in [-0.05, 0) is 0 Å². The van der Waals surface area contributed by atoms with Crippen molar-refractivity contribution >= 4 is 0 Å². The maximum absolute atomic E-state index is 5.37. The first-order valence-electron chi connectivity index (χ1n) is 3.49. The molecule has 0 aliphatic heterocycles. The van der Waals surface area contributed by atoms with Crippen LogP contribution in [-0.4, -0.2) is 20.8 Å². The molecule has 0 amide bonds. The van der Waals surface area contributed by atoms with E-state index in [-0.39, 0.29) is 0 Å². The van der Waals surface area contributed by atoms with Gasteiger partial charge in [0.15, 0.2) is 0 Å². The summed E-state index contributed by atoms with van der Waals surface area (Å²) in [6.45, 7) is 7.70. The van der Waals surface area contributed by atoms with Crippen LogP contribution in [0.2, 0.25) is 0 Å². The quantitative estimate of drug-likeness (QED) is 0.496. The summed E-state index contributed by atoms with van der Waals surface area (Å²) < 4.78 is 9.89. The average Bonchev–Trinajstić information content (AvgIpc) is 2.00. The Hall–Kier alpha value is -1.22. The molecule has 0 saturated carbocycles. The first-order valence-corrected chi connectivity index (χ1v) is 3.49. The van der Waals surface area contributed by atoms with E-state index in [4.69, 9.17) is 15.2 Å². The molecule has 0 aromatic heterocycles. The number of rotatable bonds is 5. The fraction of sp³-hybridized carbons (Fsp3) is 0.333. The lowest BCUT2D eigenvalue weighted by Crippen LogP contribution is -2.01. The summed E-state index contributed by atoms with van der Waals surface area (Å²) in [5, 5.41) is 0. The second kappa shape index (κ2) is 5.43. The molecular formula is C9H15NO2. The average molecular weight is 169 g/mol. The van der Waals surface area contributed by atoms with Crippen LogP contribution < -0.4 is 5.73 Å². The van der Waals surface area contributed by atoms with E-state index in [0.29, 0.717) is 18.1 Å². The molecule has 0 atom stereocenters. The van der Waals surface area contributed by atoms with E-state index in [1.165, 1.54) is 0 Å². The largest absolute Gasteiger partial charge is 0.496 e. The van der Waals surface area contributed by atoms with Crippen molar-refractivity contribution in [1.82, 2.24) is 0 Å². The van der Waals surface area contributed by atoms with E-state index >= 15 is 0 Å². The fourth-order valence-electron chi connectivity index (χ4n) is 0.719. The Labute approximate surface area is 73.2 Å². The molecule has 0 fully saturated rings. The summed E-state index contributed by atoms with van der Waals surface area (Å²) in [7, 11) is 3.14. The summed E-state index contributed by atoms with van der Waals surface area (Å²) in [5.74, 6) is 0.601. The molecule has 0 radical (unpaired) electrons. The second-order valence-electron chi connectivity index (χ2n) is 2.32. The number of methoxy groups -OCH3 is 2. The van der Waals surface area contributed by atoms with Crippen LogP contribution >= 0.6 is 0 Å². The fourth-order valence-corrected chi connectivity index (χ4v) is 0.719. The van der Waals surface area contributed by atoms with Crippen molar-refractivity contribution in [2.24, 2.45) is 5.73 Å². The van der Waals surface area contributed by atoms with E-state index in [9.17, 15) is 0 Å². The maximum atomic E-state index is 5.37. The Morgan fingerprint density at radius 1 is 1.42 bits per heavy atom. The lowest BCUT2D eigenvalue weighted by Gasteiger charge is -2.08. The molecule has 68 valence electrons. The van der Waals surface area contributed by atoms with Crippen LogP contribution in [0.15, 0.2) is 36.3 Å². The Morgan fingerprint density at radius 3 is 2.33 bits per heavy atom. The van der Waals surface area contributed by atoms with Gasteiger partial charge in [-0.25, -0.2) is 0 Å². The number of hydrogen-bond acceptors (Lipinski definition) is 3. The lowest BCUT2D eigenvalue weighted by atomic mass is 10.2. The van der Waals surface area contributed by atoms with Crippen molar-refractivity contribution < 1.29 is 9.47 Å². The van der Waals surface area contributed by atoms with E-state index in [1.54, 1.807) is 20.3 Å². The molecule has 0 unspecified atom stereocenters. The molecule has 0 aliphatic carbocycles. The van der Waals surface area contributed by atoms with Gasteiger partial charge in [0, 0.05) is 24.5 Å². The van der Waals surface area contributed by atoms with Gasteiger partial charge in [0.05, 0.1) is 13.7 Å². The monoisotopic (exact) mass is 169 g/mol. The van der Waals surface area contributed by atoms with Crippen molar-refractivity contribution in [3.05, 3.63) is 36.3 Å². The molecule has 0 bridgehead atoms. The van der Waals surface area contributed by atoms with Gasteiger partial charge in [0.1, 0.15) is 5.76 Å². The van der Waals surface area contributed by atoms with Crippen molar-refractivity contribution in [2.45, 2.75) is 0 Å². The number of allylic oxidation sites excluding steroid dienone is 1. The Balaban J connectivity index is 4.34. The number of nitrogens with two attached hydrogens (primary N) is 1. The third-order valence-electron chi connectivity index (χ3n) is 1.20. The zero-order valence-corrected chi connectivity index (χ0v) is 7.59. The summed E-state index contributed by atoms with van der Waals surface area (Å²) in [4.78, 5) is 0. The molecule has 3 heteroatoms. The van der Waals surface area contributed by atoms with Crippen LogP contribution in [0.25, 0.3) is 0 Å². The standard InChI is InChI=1S/C9H15NO2/c1-7(6-11-3)9(12-4)5-8(2)10/h5H,1-2,6,10H2,3-4H3/b9-5+. The van der Waals surface area contributed by atoms with Gasteiger partial charge >= 0.3 is 0 Å². The first kappa shape index (κ1) is 10.8. The van der Waals surface area contributed by atoms with Crippen LogP contribution in [0.3, 0.4) is 0 Å². The highest BCUT2D eigenvalue weighted by Crippen LogP contribution is 2.09. The predicted molar refractivity (Wildman–Crippen MR) is 49.4 cm³/mol. The SMILES string of the molecule is C=C(N)/C=C(/OC)C(=C)COC. The zero-order valence-electron chi connectivity index (χ0n) is 7.59. The van der Waals surface area contributed by atoms with Crippen LogP contribution in [0.1, 0.15) is 0 Å². The van der Waals surface area contributed by atoms with Gasteiger partial charge in [0.2, 0.25) is 0 Å². The van der Waals surface area contributed by atoms with E-state index in [2.05, 4.69) is 13.2 Å². The predicted octanol–water partition coefficient (Wildman–Crippen LogP) is 1.19. The molecule has 0 saturated heterocycles. The summed E-state index contributed by atoms with van der Waals surface area (Å²) in [5.41, 5.74) is 6.55. The first-order chi connectivity index (χ1) is 5.61. The summed E-state index contributed by atoms with van der Waals surface area (Å²) in [6.07, 6.45) is 1.61. The summed E-state index contributed by atoms with van der Waals surface area (Å²) >= 11 is 0. The molecular weight excluding hydrogens is 154 g/mol. The van der Waals surface area contributed by atoms with Crippen molar-refractivity contribution in [1.29, 1.82) is 0 Å².